The van der Waals surface area contributed by atoms with Gasteiger partial charge >= 0.3 is 5.97 Å². The number of carbonyl (C=O) groups excluding carboxylic acids is 1. The first kappa shape index (κ1) is 16.2. The van der Waals surface area contributed by atoms with Gasteiger partial charge in [-0.05, 0) is 12.3 Å². The smallest absolute Gasteiger partial charge is 0.307 e. The Morgan fingerprint density at radius 1 is 1.25 bits per heavy atom. The fourth-order valence-corrected chi connectivity index (χ4v) is 3.07. The Bertz CT molecular complexity index is 769. The summed E-state index contributed by atoms with van der Waals surface area (Å²) in [5.41, 5.74) is 0.278. The summed E-state index contributed by atoms with van der Waals surface area (Å²) in [6.45, 7) is 5.28. The summed E-state index contributed by atoms with van der Waals surface area (Å²) in [7, 11) is 0. The molecule has 7 nitrogen and oxygen atoms in total. The summed E-state index contributed by atoms with van der Waals surface area (Å²) in [4.78, 5) is 27.8. The van der Waals surface area contributed by atoms with Crippen molar-refractivity contribution in [1.29, 1.82) is 0 Å². The number of carboxylic acids is 1. The molecule has 7 heteroatoms. The van der Waals surface area contributed by atoms with E-state index in [2.05, 4.69) is 15.5 Å². The number of nitrogens with zero attached hydrogens (tertiary/aromatic N) is 2. The minimum absolute atomic E-state index is 0.285. The van der Waals surface area contributed by atoms with Gasteiger partial charge in [0, 0.05) is 5.56 Å². The Morgan fingerprint density at radius 3 is 2.50 bits per heavy atom. The first-order valence-corrected chi connectivity index (χ1v) is 7.74. The molecule has 1 aliphatic rings. The Labute approximate surface area is 139 Å². The zero-order valence-electron chi connectivity index (χ0n) is 13.7. The molecule has 1 amide bonds. The number of carbonyl (C=O) groups is 2. The van der Waals surface area contributed by atoms with E-state index in [4.69, 9.17) is 9.63 Å². The maximum Gasteiger partial charge on any atom is 0.307 e. The fourth-order valence-electron chi connectivity index (χ4n) is 3.07. The third-order valence-corrected chi connectivity index (χ3v) is 4.58. The molecule has 2 N–H and O–H groups in total. The number of aliphatic carboxylic acids is 1. The highest BCUT2D eigenvalue weighted by atomic mass is 16.5. The van der Waals surface area contributed by atoms with Gasteiger partial charge < -0.3 is 14.9 Å². The van der Waals surface area contributed by atoms with Crippen molar-refractivity contribution in [3.8, 4) is 11.4 Å². The van der Waals surface area contributed by atoms with Gasteiger partial charge in [0.25, 0.3) is 0 Å². The van der Waals surface area contributed by atoms with E-state index in [1.165, 1.54) is 0 Å². The van der Waals surface area contributed by atoms with E-state index in [0.717, 1.165) is 5.56 Å². The molecular weight excluding hydrogens is 310 g/mol. The van der Waals surface area contributed by atoms with Crippen molar-refractivity contribution in [2.75, 3.05) is 0 Å². The van der Waals surface area contributed by atoms with Gasteiger partial charge in [-0.3, -0.25) is 9.59 Å². The van der Waals surface area contributed by atoms with Gasteiger partial charge in [0.2, 0.25) is 17.6 Å². The van der Waals surface area contributed by atoms with Crippen molar-refractivity contribution in [2.24, 2.45) is 17.3 Å². The van der Waals surface area contributed by atoms with Gasteiger partial charge in [-0.1, -0.05) is 49.3 Å². The molecule has 3 rings (SSSR count). The molecule has 24 heavy (non-hydrogen) atoms. The lowest BCUT2D eigenvalue weighted by atomic mass is 10.1. The second kappa shape index (κ2) is 5.74. The van der Waals surface area contributed by atoms with Crippen LogP contribution >= 0.6 is 0 Å². The summed E-state index contributed by atoms with van der Waals surface area (Å²) >= 11 is 0. The molecule has 0 radical (unpaired) electrons. The van der Waals surface area contributed by atoms with Gasteiger partial charge in [-0.15, -0.1) is 0 Å². The van der Waals surface area contributed by atoms with Crippen LogP contribution in [0, 0.1) is 17.3 Å². The molecule has 2 aromatic rings. The van der Waals surface area contributed by atoms with E-state index in [9.17, 15) is 9.59 Å². The average molecular weight is 329 g/mol. The number of carboxylic acid groups (broad SMARTS) is 1. The number of nitrogens with one attached hydrogen (secondary N) is 1. The lowest BCUT2D eigenvalue weighted by molar-refractivity contribution is -0.140. The van der Waals surface area contributed by atoms with E-state index < -0.39 is 29.3 Å². The van der Waals surface area contributed by atoms with E-state index >= 15 is 0 Å². The fraction of sp³-hybridized carbons (Fsp3) is 0.412. The van der Waals surface area contributed by atoms with Crippen LogP contribution in [0.5, 0.6) is 0 Å². The van der Waals surface area contributed by atoms with Crippen LogP contribution in [0.4, 0.5) is 0 Å². The molecule has 1 saturated carbocycles. The third-order valence-electron chi connectivity index (χ3n) is 4.58. The number of amides is 1. The molecule has 3 atom stereocenters. The quantitative estimate of drug-likeness (QED) is 0.872. The Morgan fingerprint density at radius 2 is 1.92 bits per heavy atom. The molecule has 1 heterocycles. The number of rotatable bonds is 5. The molecule has 1 aromatic carbocycles. The maximum atomic E-state index is 12.3. The number of aromatic nitrogens is 2. The van der Waals surface area contributed by atoms with Gasteiger partial charge in [0.05, 0.1) is 11.8 Å². The van der Waals surface area contributed by atoms with Gasteiger partial charge in [-0.2, -0.15) is 4.98 Å². The summed E-state index contributed by atoms with van der Waals surface area (Å²) < 4.78 is 5.22. The molecule has 0 unspecified atom stereocenters. The molecule has 1 aromatic heterocycles. The average Bonchev–Trinajstić information content (AvgIpc) is 2.90. The lowest BCUT2D eigenvalue weighted by Gasteiger charge is -2.10. The van der Waals surface area contributed by atoms with Crippen molar-refractivity contribution >= 4 is 11.9 Å². The van der Waals surface area contributed by atoms with Gasteiger partial charge in [-0.25, -0.2) is 0 Å². The zero-order valence-corrected chi connectivity index (χ0v) is 13.7. The highest BCUT2D eigenvalue weighted by Crippen LogP contribution is 2.58. The van der Waals surface area contributed by atoms with Gasteiger partial charge in [0.15, 0.2) is 0 Å². The van der Waals surface area contributed by atoms with Crippen LogP contribution in [0.15, 0.2) is 34.9 Å². The van der Waals surface area contributed by atoms with Crippen LogP contribution in [-0.2, 0) is 9.59 Å². The first-order valence-electron chi connectivity index (χ1n) is 7.74. The van der Waals surface area contributed by atoms with Crippen LogP contribution in [0.2, 0.25) is 0 Å². The highest BCUT2D eigenvalue weighted by Gasteiger charge is 2.66. The lowest BCUT2D eigenvalue weighted by Crippen LogP contribution is -2.30. The monoisotopic (exact) mass is 329 g/mol. The van der Waals surface area contributed by atoms with Crippen molar-refractivity contribution < 1.29 is 19.2 Å². The minimum Gasteiger partial charge on any atom is -0.481 e. The second-order valence-corrected chi connectivity index (χ2v) is 6.67. The van der Waals surface area contributed by atoms with E-state index in [1.807, 2.05) is 30.3 Å². The minimum atomic E-state index is -0.947. The van der Waals surface area contributed by atoms with Crippen molar-refractivity contribution in [1.82, 2.24) is 15.5 Å². The van der Waals surface area contributed by atoms with Crippen LogP contribution in [0.25, 0.3) is 11.4 Å². The van der Waals surface area contributed by atoms with Crippen LogP contribution < -0.4 is 5.32 Å². The Hall–Kier alpha value is -2.70. The maximum absolute atomic E-state index is 12.3. The number of hydrogen-bond acceptors (Lipinski definition) is 5. The zero-order chi connectivity index (χ0) is 17.5. The molecule has 0 aliphatic heterocycles. The summed E-state index contributed by atoms with van der Waals surface area (Å²) in [6.07, 6.45) is 0. The third kappa shape index (κ3) is 2.77. The molecular formula is C17H19N3O4. The van der Waals surface area contributed by atoms with E-state index in [0.29, 0.717) is 5.82 Å². The van der Waals surface area contributed by atoms with E-state index in [-0.39, 0.29) is 11.8 Å². The molecule has 0 spiro atoms. The summed E-state index contributed by atoms with van der Waals surface area (Å²) in [5, 5.41) is 15.8. The van der Waals surface area contributed by atoms with Gasteiger partial charge in [0.1, 0.15) is 6.04 Å². The summed E-state index contributed by atoms with van der Waals surface area (Å²) in [5.74, 6) is -1.73. The number of benzene rings is 1. The van der Waals surface area contributed by atoms with Crippen molar-refractivity contribution in [2.45, 2.75) is 26.8 Å². The molecule has 0 bridgehead atoms. The van der Waals surface area contributed by atoms with Crippen molar-refractivity contribution in [3.63, 3.8) is 0 Å². The SMILES string of the molecule is C[C@@H](NC(=O)[C@H]1[C@H](C(=O)O)C1(C)C)c1nc(-c2ccccc2)no1. The molecule has 1 aliphatic carbocycles. The van der Waals surface area contributed by atoms with Crippen LogP contribution in [0.1, 0.15) is 32.7 Å². The predicted molar refractivity (Wildman–Crippen MR) is 84.7 cm³/mol. The Balaban J connectivity index is 1.68. The highest BCUT2D eigenvalue weighted by molar-refractivity contribution is 5.91. The topological polar surface area (TPSA) is 105 Å². The normalized spacial score (nSPS) is 22.6. The Kier molecular flexibility index (Phi) is 3.87. The largest absolute Gasteiger partial charge is 0.481 e. The van der Waals surface area contributed by atoms with E-state index in [1.54, 1.807) is 20.8 Å². The second-order valence-electron chi connectivity index (χ2n) is 6.67. The standard InChI is InChI=1S/C17H19N3O4/c1-9(18-14(21)11-12(16(22)23)17(11,2)3)15-19-13(20-24-15)10-7-5-4-6-8-10/h4-9,11-12H,1-3H3,(H,18,21)(H,22,23)/t9-,11-,12-/m1/s1. The number of hydrogen-bond donors (Lipinski definition) is 2. The van der Waals surface area contributed by atoms with Crippen molar-refractivity contribution in [3.05, 3.63) is 36.2 Å². The molecule has 1 fully saturated rings. The molecule has 126 valence electrons. The molecule has 0 saturated heterocycles. The predicted octanol–water partition coefficient (Wildman–Crippen LogP) is 2.27. The summed E-state index contributed by atoms with van der Waals surface area (Å²) in [6, 6.07) is 8.87. The van der Waals surface area contributed by atoms with Crippen LogP contribution in [-0.4, -0.2) is 27.1 Å². The van der Waals surface area contributed by atoms with Crippen LogP contribution in [0.3, 0.4) is 0 Å². The first-order chi connectivity index (χ1) is 11.3.